The first-order valence-electron chi connectivity index (χ1n) is 41.4. The van der Waals surface area contributed by atoms with Gasteiger partial charge in [-0.2, -0.15) is 4.58 Å². The Bertz CT molecular complexity index is 4670. The zero-order chi connectivity index (χ0) is 87.3. The maximum Gasteiger partial charge on any atom is 2.00 e. The molecule has 1 N–H and O–H groups in total. The number of allylic oxidation sites excluding steroid dienone is 3. The molecule has 11 nitrogen and oxygen atoms in total. The van der Waals surface area contributed by atoms with Gasteiger partial charge in [0.2, 0.25) is 11.8 Å². The molecule has 0 spiro atoms. The summed E-state index contributed by atoms with van der Waals surface area (Å²) in [7, 11) is 0. The van der Waals surface area contributed by atoms with Crippen LogP contribution in [0.2, 0.25) is 30.1 Å². The molecule has 8 aromatic rings. The Kier molecular flexibility index (Phi) is 40.6. The van der Waals surface area contributed by atoms with Crippen LogP contribution in [0, 0.1) is 52.8 Å². The van der Waals surface area contributed by atoms with Crippen molar-refractivity contribution in [2.45, 2.75) is 221 Å². The summed E-state index contributed by atoms with van der Waals surface area (Å²) in [6, 6.07) is 63.2. The third kappa shape index (κ3) is 27.1. The van der Waals surface area contributed by atoms with Crippen LogP contribution in [0.3, 0.4) is 0 Å². The Hall–Kier alpha value is -5.81. The minimum atomic E-state index is -1.87. The van der Waals surface area contributed by atoms with E-state index in [9.17, 15) is 33.4 Å². The standard InChI is InChI=1S/C30H39Cl2NO.C26H31Cl2NO2.C26H30Cl2NO.C11H10.C4H8O2.C3H8O2S.Ca/c1-7-17-30(6)19-26(23-9-8-10-25(32)18-23)28(22-12-14-24(31)15-13-22)33(29(30)34)27(21(4)5)16-11-20(2)3;1-5-13-26(4)15-22(19-7-6-8-21(28)14-19)24(18-9-11-20(27)12-10-18)29(25(26)31)23(16-30)17(2)3;1-5-13-26(4)15-22(19-7-6-8-21(28)14-19)24(18-9-11-20(27)12-10-18)29-23(17(2)3)16-30-25(26)29;1-9-5-4-7-10-6-2-3-8-11(9)10;1-3(2)4(5)6;1-3(2)6(4)5;/h7-10,12-15,18,20-21,26-28H,1,11,16-17,19H2,2-6H3;5-12,14,17,22-24,30H,1,13,15-16H2,2-4H3;5-12,14,17,22-24H,1,13,15-16H2,2-4H3;2-8H,1H3;3H,1-2H3,(H,5,6);3H,1-2H3,(H,4,5);/q;;+1;;;;+2/p-2/t26-,27-,28?,30+;22-,23-,24?,26+;22-,23-,24-,26+;;;;/m111..../s1. The van der Waals surface area contributed by atoms with E-state index in [1.165, 1.54) is 33.0 Å². The monoisotopic (exact) mass is 1780 g/mol. The van der Waals surface area contributed by atoms with Crippen LogP contribution in [0.1, 0.15) is 230 Å². The van der Waals surface area contributed by atoms with Gasteiger partial charge in [-0.3, -0.25) is 13.8 Å². The van der Waals surface area contributed by atoms with Crippen LogP contribution >= 0.6 is 69.6 Å². The normalized spacial score (nSPS) is 22.7. The molecule has 0 aromatic heterocycles. The first kappa shape index (κ1) is 102. The number of aliphatic hydroxyl groups is 1. The molecule has 2 fully saturated rings. The molecule has 12 rings (SSSR count). The Morgan fingerprint density at radius 2 is 0.899 bits per heavy atom. The third-order valence-electron chi connectivity index (χ3n) is 23.4. The zero-order valence-electron chi connectivity index (χ0n) is 72.5. The average Bonchev–Trinajstić information content (AvgIpc) is 1.73. The summed E-state index contributed by atoms with van der Waals surface area (Å²) < 4.78 is 28.4. The molecule has 0 radical (unpaired) electrons. The molecule has 0 bridgehead atoms. The molecule has 19 heteroatoms. The predicted octanol–water partition coefficient (Wildman–Crippen LogP) is 25.4. The second kappa shape index (κ2) is 47.3. The predicted molar refractivity (Wildman–Crippen MR) is 498 cm³/mol. The Balaban J connectivity index is 0.000000242. The molecule has 0 saturated carbocycles. The number of piperidine rings is 2. The molecular weight excluding hydrogens is 1660 g/mol. The number of nitrogens with zero attached hydrogens (tertiary/aromatic N) is 3. The molecule has 4 heterocycles. The summed E-state index contributed by atoms with van der Waals surface area (Å²) in [5.41, 5.74) is 7.05. The van der Waals surface area contributed by atoms with Crippen LogP contribution < -0.4 is 5.11 Å². The summed E-state index contributed by atoms with van der Waals surface area (Å²) in [6.45, 7) is 45.2. The minimum Gasteiger partial charge on any atom is -0.772 e. The van der Waals surface area contributed by atoms with Gasteiger partial charge in [0.15, 0.2) is 18.7 Å². The number of carbonyl (C=O) groups excluding carboxylic acids is 3. The number of amides is 2. The molecule has 2 amide bonds. The van der Waals surface area contributed by atoms with Crippen molar-refractivity contribution in [2.75, 3.05) is 13.2 Å². The number of carboxylic acids is 1. The van der Waals surface area contributed by atoms with Crippen LogP contribution in [-0.2, 0) is 30.2 Å². The first-order chi connectivity index (χ1) is 55.8. The molecule has 0 aliphatic carbocycles. The molecular formula is C100H124CaCl6N3O8S+. The van der Waals surface area contributed by atoms with Gasteiger partial charge in [-0.25, -0.2) is 0 Å². The number of halogens is 6. The average molecular weight is 1780 g/mol. The fourth-order valence-corrected chi connectivity index (χ4v) is 18.0. The number of aliphatic hydroxyl groups excluding tert-OH is 1. The second-order valence-electron chi connectivity index (χ2n) is 34.9. The quantitative estimate of drug-likeness (QED) is 0.0287. The molecule has 4 aliphatic rings. The van der Waals surface area contributed by atoms with E-state index in [1.54, 1.807) is 27.7 Å². The number of benzene rings is 8. The minimum absolute atomic E-state index is 0. The fourth-order valence-electron chi connectivity index (χ4n) is 17.1. The van der Waals surface area contributed by atoms with Crippen molar-refractivity contribution in [3.8, 4) is 0 Å². The van der Waals surface area contributed by atoms with E-state index in [0.717, 1.165) is 76.4 Å². The van der Waals surface area contributed by atoms with Crippen molar-refractivity contribution in [1.29, 1.82) is 0 Å². The summed E-state index contributed by atoms with van der Waals surface area (Å²) in [5.74, 6) is 1.95. The largest absolute Gasteiger partial charge is 2.00 e. The van der Waals surface area contributed by atoms with Crippen LogP contribution in [0.25, 0.3) is 10.8 Å². The topological polar surface area (TPSA) is 153 Å². The van der Waals surface area contributed by atoms with Crippen LogP contribution in [-0.4, -0.2) is 126 Å². The maximum absolute atomic E-state index is 14.3. The number of fused-ring (bicyclic) bond motifs is 1. The number of carbonyl (C=O) groups is 3. The summed E-state index contributed by atoms with van der Waals surface area (Å²) in [5, 5.41) is 26.6. The molecule has 119 heavy (non-hydrogen) atoms. The van der Waals surface area contributed by atoms with E-state index < -0.39 is 27.9 Å². The SMILES string of the molecule is C=CC[C@@]1(C)C[C@H](c2cccc(Cl)c2)C(c2ccc(Cl)cc2)N([C@H](CCC(C)C)C(C)C)C1=O.C=CC[C@@]1(C)C[C@H](c2cccc(Cl)c2)C(c2ccc(Cl)cc2)N([C@H](CO)C(C)C)C1=O.C=CC[C@@]1(C)C[C@H](c2cccc(Cl)c2)[C@@H](c2ccc(Cl)cc2)[N+]2=C1OC[C@@H]2C(C)C.CC(C)C(=O)[O-].CC(C)S(=O)[O-].Cc1cccc2ccccc12.[Ca+2]. The van der Waals surface area contributed by atoms with Gasteiger partial charge in [-0.1, -0.05) is 311 Å². The van der Waals surface area contributed by atoms with Gasteiger partial charge in [-0.15, -0.1) is 19.7 Å². The van der Waals surface area contributed by atoms with Crippen LogP contribution in [0.5, 0.6) is 0 Å². The number of ether oxygens (including phenoxy) is 1. The van der Waals surface area contributed by atoms with E-state index >= 15 is 0 Å². The second-order valence-corrected chi connectivity index (χ2v) is 38.9. The molecule has 3 unspecified atom stereocenters. The van der Waals surface area contributed by atoms with Gasteiger partial charge < -0.3 is 34.1 Å². The summed E-state index contributed by atoms with van der Waals surface area (Å²) in [4.78, 5) is 42.0. The van der Waals surface area contributed by atoms with Gasteiger partial charge in [0.1, 0.15) is 0 Å². The molecule has 2 saturated heterocycles. The van der Waals surface area contributed by atoms with Crippen molar-refractivity contribution in [3.05, 3.63) is 295 Å². The number of hydrogen-bond acceptors (Lipinski definition) is 8. The van der Waals surface area contributed by atoms with Gasteiger partial charge in [0.05, 0.1) is 46.9 Å². The number of rotatable bonds is 23. The summed E-state index contributed by atoms with van der Waals surface area (Å²) in [6.07, 6.45) is 12.3. The zero-order valence-corrected chi connectivity index (χ0v) is 80.1. The van der Waals surface area contributed by atoms with Crippen molar-refractivity contribution in [3.63, 3.8) is 0 Å². The first-order valence-corrected chi connectivity index (χ1v) is 44.8. The van der Waals surface area contributed by atoms with Gasteiger partial charge in [-0.05, 0) is 206 Å². The van der Waals surface area contributed by atoms with Gasteiger partial charge >= 0.3 is 43.6 Å². The molecule has 8 aromatic carbocycles. The van der Waals surface area contributed by atoms with E-state index in [2.05, 4.69) is 195 Å². The van der Waals surface area contributed by atoms with E-state index in [1.807, 2.05) is 129 Å². The maximum atomic E-state index is 14.3. The molecule has 636 valence electrons. The Morgan fingerprint density at radius 1 is 0.529 bits per heavy atom. The van der Waals surface area contributed by atoms with Crippen LogP contribution in [0.4, 0.5) is 0 Å². The van der Waals surface area contributed by atoms with E-state index in [0.29, 0.717) is 58.1 Å². The Labute approximate surface area is 773 Å². The number of hydrogen-bond donors (Lipinski definition) is 1. The fraction of sp³-hybridized carbons (Fsp3) is 0.440. The van der Waals surface area contributed by atoms with Gasteiger partial charge in [0.25, 0.3) is 0 Å². The van der Waals surface area contributed by atoms with Crippen molar-refractivity contribution in [1.82, 2.24) is 9.80 Å². The Morgan fingerprint density at radius 3 is 1.26 bits per heavy atom. The van der Waals surface area contributed by atoms with Gasteiger partial charge in [0, 0.05) is 70.7 Å². The van der Waals surface area contributed by atoms with E-state index in [-0.39, 0.29) is 127 Å². The van der Waals surface area contributed by atoms with Crippen molar-refractivity contribution >= 4 is 153 Å². The van der Waals surface area contributed by atoms with Crippen LogP contribution in [0.15, 0.2) is 226 Å². The molecule has 4 aliphatic heterocycles. The van der Waals surface area contributed by atoms with Crippen molar-refractivity contribution < 1.29 is 42.7 Å². The third-order valence-corrected chi connectivity index (χ3v) is 25.6. The summed E-state index contributed by atoms with van der Waals surface area (Å²) >= 11 is 36.0. The van der Waals surface area contributed by atoms with E-state index in [4.69, 9.17) is 74.3 Å². The number of aryl methyl sites for hydroxylation is 1. The van der Waals surface area contributed by atoms with Crippen molar-refractivity contribution in [2.24, 2.45) is 45.8 Å². The molecule has 13 atom stereocenters. The number of aliphatic carboxylic acids is 1. The number of carboxylic acid groups (broad SMARTS) is 1. The smallest absolute Gasteiger partial charge is 0.772 e. The number of likely N-dealkylation sites (tertiary alicyclic amines) is 2.